The molecular weight excluding hydrogens is 178 g/mol. The molecule has 0 saturated carbocycles. The standard InChI is InChI=1S/C7H15NOS2/c1-8(2)7(9)5-6-11(3,4)10/h5-6,10H,1-4H3/b6-5+. The first kappa shape index (κ1) is 10.9. The molecule has 4 heteroatoms. The lowest BCUT2D eigenvalue weighted by Gasteiger charge is -2.17. The average Bonchev–Trinajstić information content (AvgIpc) is 1.80. The summed E-state index contributed by atoms with van der Waals surface area (Å²) in [7, 11) is 2.47. The molecule has 0 N–H and O–H groups in total. The largest absolute Gasteiger partial charge is 0.345 e. The molecule has 0 unspecified atom stereocenters. The fourth-order valence-corrected chi connectivity index (χ4v) is 1.01. The molecule has 0 aromatic rings. The van der Waals surface area contributed by atoms with Crippen LogP contribution in [0.25, 0.3) is 0 Å². The van der Waals surface area contributed by atoms with Gasteiger partial charge in [0.05, 0.1) is 0 Å². The lowest BCUT2D eigenvalue weighted by atomic mass is 10.5. The third kappa shape index (κ3) is 6.31. The van der Waals surface area contributed by atoms with Crippen molar-refractivity contribution in [3.8, 4) is 0 Å². The van der Waals surface area contributed by atoms with Gasteiger partial charge in [-0.3, -0.25) is 4.79 Å². The van der Waals surface area contributed by atoms with E-state index in [2.05, 4.69) is 11.7 Å². The molecule has 0 bridgehead atoms. The second-order valence-electron chi connectivity index (χ2n) is 2.89. The van der Waals surface area contributed by atoms with E-state index < -0.39 is 9.06 Å². The third-order valence-electron chi connectivity index (χ3n) is 0.984. The molecule has 0 radical (unpaired) electrons. The molecule has 0 atom stereocenters. The SMILES string of the molecule is CN(C)C(=O)/C=C/S(C)(C)S. The quantitative estimate of drug-likeness (QED) is 0.400. The number of hydrogen-bond donors (Lipinski definition) is 1. The molecule has 0 aliphatic carbocycles. The number of thiol groups is 1. The summed E-state index contributed by atoms with van der Waals surface area (Å²) in [4.78, 5) is 12.5. The van der Waals surface area contributed by atoms with Crippen molar-refractivity contribution in [2.75, 3.05) is 26.6 Å². The highest BCUT2D eigenvalue weighted by Gasteiger charge is 2.01. The molecule has 0 aromatic heterocycles. The fourth-order valence-electron chi connectivity index (χ4n) is 0.374. The van der Waals surface area contributed by atoms with E-state index in [4.69, 9.17) is 0 Å². The topological polar surface area (TPSA) is 20.3 Å². The Bertz CT molecular complexity index is 170. The summed E-state index contributed by atoms with van der Waals surface area (Å²) in [6, 6.07) is 0. The summed E-state index contributed by atoms with van der Waals surface area (Å²) in [5.41, 5.74) is 0. The van der Waals surface area contributed by atoms with Gasteiger partial charge in [0.2, 0.25) is 5.91 Å². The first-order valence-electron chi connectivity index (χ1n) is 3.18. The van der Waals surface area contributed by atoms with Gasteiger partial charge in [-0.2, -0.15) is 9.06 Å². The third-order valence-corrected chi connectivity index (χ3v) is 2.15. The van der Waals surface area contributed by atoms with E-state index in [0.717, 1.165) is 0 Å². The maximum atomic E-state index is 11.0. The van der Waals surface area contributed by atoms with Crippen molar-refractivity contribution in [1.82, 2.24) is 4.90 Å². The number of rotatable bonds is 2. The number of nitrogens with zero attached hydrogens (tertiary/aromatic N) is 1. The Labute approximate surface area is 74.8 Å². The van der Waals surface area contributed by atoms with Crippen molar-refractivity contribution in [3.05, 3.63) is 11.5 Å². The van der Waals surface area contributed by atoms with Crippen LogP contribution in [0.5, 0.6) is 0 Å². The first-order valence-corrected chi connectivity index (χ1v) is 6.74. The highest BCUT2D eigenvalue weighted by atomic mass is 33.1. The zero-order chi connectivity index (χ0) is 9.07. The summed E-state index contributed by atoms with van der Waals surface area (Å²) in [6.07, 6.45) is 5.59. The Hall–Kier alpha value is -0.0900. The van der Waals surface area contributed by atoms with Gasteiger partial charge in [0.1, 0.15) is 0 Å². The van der Waals surface area contributed by atoms with Crippen molar-refractivity contribution in [1.29, 1.82) is 0 Å². The number of amides is 1. The minimum Gasteiger partial charge on any atom is -0.345 e. The molecule has 2 nitrogen and oxygen atoms in total. The number of carbonyl (C=O) groups is 1. The van der Waals surface area contributed by atoms with Crippen LogP contribution < -0.4 is 0 Å². The van der Waals surface area contributed by atoms with Crippen LogP contribution in [-0.2, 0) is 4.79 Å². The van der Waals surface area contributed by atoms with Gasteiger partial charge in [0.25, 0.3) is 0 Å². The highest BCUT2D eigenvalue weighted by molar-refractivity contribution is 8.88. The van der Waals surface area contributed by atoms with Crippen LogP contribution in [0.1, 0.15) is 0 Å². The fraction of sp³-hybridized carbons (Fsp3) is 0.571. The Morgan fingerprint density at radius 3 is 2.18 bits per heavy atom. The van der Waals surface area contributed by atoms with Crippen molar-refractivity contribution < 1.29 is 4.79 Å². The number of carbonyl (C=O) groups excluding carboxylic acids is 1. The Balaban J connectivity index is 4.05. The Morgan fingerprint density at radius 1 is 1.45 bits per heavy atom. The van der Waals surface area contributed by atoms with Crippen LogP contribution in [0.15, 0.2) is 11.5 Å². The van der Waals surface area contributed by atoms with E-state index in [1.165, 1.54) is 4.90 Å². The van der Waals surface area contributed by atoms with E-state index in [9.17, 15) is 4.79 Å². The monoisotopic (exact) mass is 193 g/mol. The average molecular weight is 193 g/mol. The van der Waals surface area contributed by atoms with Crippen LogP contribution in [0.3, 0.4) is 0 Å². The molecule has 0 aromatic carbocycles. The van der Waals surface area contributed by atoms with Crippen LogP contribution >= 0.6 is 20.7 Å². The van der Waals surface area contributed by atoms with E-state index in [0.29, 0.717) is 0 Å². The Kier molecular flexibility index (Phi) is 4.03. The van der Waals surface area contributed by atoms with Crippen molar-refractivity contribution in [2.45, 2.75) is 0 Å². The maximum absolute atomic E-state index is 11.0. The van der Waals surface area contributed by atoms with E-state index in [1.54, 1.807) is 20.2 Å². The van der Waals surface area contributed by atoms with Gasteiger partial charge in [0.15, 0.2) is 0 Å². The van der Waals surface area contributed by atoms with Crippen LogP contribution in [0, 0.1) is 0 Å². The minimum absolute atomic E-state index is 0.0135. The van der Waals surface area contributed by atoms with Gasteiger partial charge in [-0.25, -0.2) is 0 Å². The first-order chi connectivity index (χ1) is 4.83. The molecule has 0 aliphatic heterocycles. The molecule has 0 saturated heterocycles. The van der Waals surface area contributed by atoms with Crippen LogP contribution in [-0.4, -0.2) is 37.4 Å². The van der Waals surface area contributed by atoms with Crippen LogP contribution in [0.2, 0.25) is 0 Å². The zero-order valence-corrected chi connectivity index (χ0v) is 9.08. The van der Waals surface area contributed by atoms with Crippen molar-refractivity contribution >= 4 is 26.6 Å². The Morgan fingerprint density at radius 2 is 1.91 bits per heavy atom. The van der Waals surface area contributed by atoms with Gasteiger partial charge >= 0.3 is 0 Å². The molecule has 66 valence electrons. The number of hydrogen-bond acceptors (Lipinski definition) is 2. The normalized spacial score (nSPS) is 13.5. The van der Waals surface area contributed by atoms with Crippen molar-refractivity contribution in [3.63, 3.8) is 0 Å². The molecule has 0 rings (SSSR count). The molecular formula is C7H15NOS2. The minimum atomic E-state index is -0.986. The molecule has 0 spiro atoms. The summed E-state index contributed by atoms with van der Waals surface area (Å²) in [5.74, 6) is 0.0135. The summed E-state index contributed by atoms with van der Waals surface area (Å²) >= 11 is 4.32. The summed E-state index contributed by atoms with van der Waals surface area (Å²) < 4.78 is 0. The van der Waals surface area contributed by atoms with Gasteiger partial charge < -0.3 is 4.90 Å². The van der Waals surface area contributed by atoms with E-state index >= 15 is 0 Å². The van der Waals surface area contributed by atoms with E-state index in [1.807, 2.05) is 17.9 Å². The second-order valence-corrected chi connectivity index (χ2v) is 8.68. The summed E-state index contributed by atoms with van der Waals surface area (Å²) in [5, 5.41) is 1.86. The van der Waals surface area contributed by atoms with E-state index in [-0.39, 0.29) is 5.91 Å². The molecule has 1 amide bonds. The molecule has 11 heavy (non-hydrogen) atoms. The maximum Gasteiger partial charge on any atom is 0.246 e. The molecule has 0 fully saturated rings. The predicted octanol–water partition coefficient (Wildman–Crippen LogP) is 1.50. The lowest BCUT2D eigenvalue weighted by molar-refractivity contribution is -0.123. The van der Waals surface area contributed by atoms with Gasteiger partial charge in [-0.05, 0) is 17.9 Å². The molecule has 0 heterocycles. The summed E-state index contributed by atoms with van der Waals surface area (Å²) in [6.45, 7) is 0. The molecule has 0 aliphatic rings. The number of likely N-dealkylation sites (N-methyl/N-ethyl adjacent to an activating group) is 1. The smallest absolute Gasteiger partial charge is 0.246 e. The van der Waals surface area contributed by atoms with Gasteiger partial charge in [0, 0.05) is 20.2 Å². The van der Waals surface area contributed by atoms with Gasteiger partial charge in [-0.15, -0.1) is 11.7 Å². The van der Waals surface area contributed by atoms with Crippen LogP contribution in [0.4, 0.5) is 0 Å². The van der Waals surface area contributed by atoms with Gasteiger partial charge in [-0.1, -0.05) is 0 Å². The second kappa shape index (κ2) is 4.07. The lowest BCUT2D eigenvalue weighted by Crippen LogP contribution is -2.18. The van der Waals surface area contributed by atoms with Crippen molar-refractivity contribution in [2.24, 2.45) is 0 Å². The predicted molar refractivity (Wildman–Crippen MR) is 56.3 cm³/mol. The highest BCUT2D eigenvalue weighted by Crippen LogP contribution is 2.45. The zero-order valence-electron chi connectivity index (χ0n) is 7.37.